The summed E-state index contributed by atoms with van der Waals surface area (Å²) in [4.78, 5) is 7.25. The molecular weight excluding hydrogens is 396 g/mol. The number of benzene rings is 2. The first-order valence-corrected chi connectivity index (χ1v) is 12.3. The molecule has 3 fully saturated rings. The summed E-state index contributed by atoms with van der Waals surface area (Å²) in [6, 6.07) is 21.1. The molecule has 1 saturated carbocycles. The zero-order chi connectivity index (χ0) is 21.8. The van der Waals surface area contributed by atoms with Crippen molar-refractivity contribution in [2.45, 2.75) is 82.3 Å². The Morgan fingerprint density at radius 3 is 2.38 bits per heavy atom. The molecule has 0 aromatic heterocycles. The topological polar surface area (TPSA) is 48.9 Å². The maximum Gasteiger partial charge on any atom is 0.191 e. The molecule has 2 aromatic rings. The highest BCUT2D eigenvalue weighted by Crippen LogP contribution is 2.37. The van der Waals surface area contributed by atoms with Gasteiger partial charge in [-0.25, -0.2) is 0 Å². The van der Waals surface area contributed by atoms with Gasteiger partial charge in [0, 0.05) is 43.8 Å². The lowest BCUT2D eigenvalue weighted by atomic mass is 9.96. The van der Waals surface area contributed by atoms with Crippen LogP contribution in [0.2, 0.25) is 0 Å². The van der Waals surface area contributed by atoms with Gasteiger partial charge in [-0.05, 0) is 56.6 Å². The van der Waals surface area contributed by atoms with Crippen molar-refractivity contribution < 1.29 is 4.74 Å². The van der Waals surface area contributed by atoms with Crippen LogP contribution in [0.4, 0.5) is 0 Å². The summed E-state index contributed by atoms with van der Waals surface area (Å²) in [5.41, 5.74) is 2.62. The highest BCUT2D eigenvalue weighted by atomic mass is 16.5. The maximum absolute atomic E-state index is 6.19. The van der Waals surface area contributed by atoms with Crippen LogP contribution in [0.1, 0.15) is 56.1 Å². The number of rotatable bonds is 7. The average molecular weight is 433 g/mol. The molecule has 2 heterocycles. The molecule has 0 amide bonds. The number of nitrogens with one attached hydrogen (secondary N) is 2. The van der Waals surface area contributed by atoms with E-state index in [1.807, 2.05) is 7.05 Å². The third-order valence-corrected chi connectivity index (χ3v) is 7.42. The van der Waals surface area contributed by atoms with Crippen molar-refractivity contribution in [1.29, 1.82) is 0 Å². The smallest absolute Gasteiger partial charge is 0.191 e. The second kappa shape index (κ2) is 9.95. The number of piperidine rings is 1. The van der Waals surface area contributed by atoms with Crippen molar-refractivity contribution in [2.75, 3.05) is 7.05 Å². The molecule has 32 heavy (non-hydrogen) atoms. The van der Waals surface area contributed by atoms with E-state index in [0.717, 1.165) is 24.8 Å². The van der Waals surface area contributed by atoms with Crippen LogP contribution < -0.4 is 15.4 Å². The van der Waals surface area contributed by atoms with Crippen LogP contribution in [-0.2, 0) is 13.1 Å². The molecular formula is C27H36N4O. The highest BCUT2D eigenvalue weighted by Gasteiger charge is 2.40. The van der Waals surface area contributed by atoms with E-state index in [1.54, 1.807) is 0 Å². The lowest BCUT2D eigenvalue weighted by Crippen LogP contribution is -2.52. The summed E-state index contributed by atoms with van der Waals surface area (Å²) < 4.78 is 6.19. The van der Waals surface area contributed by atoms with E-state index in [1.165, 1.54) is 56.1 Å². The van der Waals surface area contributed by atoms with Crippen molar-refractivity contribution in [3.63, 3.8) is 0 Å². The Balaban J connectivity index is 1.15. The molecule has 2 bridgehead atoms. The predicted octanol–water partition coefficient (Wildman–Crippen LogP) is 4.48. The van der Waals surface area contributed by atoms with E-state index < -0.39 is 0 Å². The van der Waals surface area contributed by atoms with Crippen LogP contribution in [0.25, 0.3) is 0 Å². The first kappa shape index (κ1) is 21.3. The number of hydrogen-bond acceptors (Lipinski definition) is 3. The number of hydrogen-bond donors (Lipinski definition) is 2. The molecule has 1 aliphatic carbocycles. The quantitative estimate of drug-likeness (QED) is 0.500. The number of nitrogens with zero attached hydrogens (tertiary/aromatic N) is 2. The summed E-state index contributed by atoms with van der Waals surface area (Å²) in [5, 5.41) is 7.24. The largest absolute Gasteiger partial charge is 0.490 e. The van der Waals surface area contributed by atoms with Crippen molar-refractivity contribution in [3.8, 4) is 5.75 Å². The van der Waals surface area contributed by atoms with Crippen LogP contribution in [0.15, 0.2) is 59.6 Å². The Bertz CT molecular complexity index is 897. The van der Waals surface area contributed by atoms with Gasteiger partial charge in [0.2, 0.25) is 0 Å². The molecule has 5 nitrogen and oxygen atoms in total. The molecule has 170 valence electrons. The van der Waals surface area contributed by atoms with Crippen molar-refractivity contribution in [2.24, 2.45) is 4.99 Å². The van der Waals surface area contributed by atoms with E-state index in [-0.39, 0.29) is 0 Å². The van der Waals surface area contributed by atoms with Crippen molar-refractivity contribution in [1.82, 2.24) is 15.5 Å². The molecule has 2 unspecified atom stereocenters. The minimum atomic E-state index is 0.394. The molecule has 2 saturated heterocycles. The third-order valence-electron chi connectivity index (χ3n) is 7.42. The lowest BCUT2D eigenvalue weighted by molar-refractivity contribution is 0.114. The fourth-order valence-corrected chi connectivity index (χ4v) is 5.44. The Hall–Kier alpha value is -2.53. The van der Waals surface area contributed by atoms with Crippen LogP contribution in [0, 0.1) is 0 Å². The fourth-order valence-electron chi connectivity index (χ4n) is 5.44. The fraction of sp³-hybridized carbons (Fsp3) is 0.519. The second-order valence-corrected chi connectivity index (χ2v) is 9.56. The van der Waals surface area contributed by atoms with Gasteiger partial charge in [0.1, 0.15) is 5.75 Å². The zero-order valence-electron chi connectivity index (χ0n) is 19.2. The Morgan fingerprint density at radius 2 is 1.69 bits per heavy atom. The van der Waals surface area contributed by atoms with E-state index in [0.29, 0.717) is 24.2 Å². The number of ether oxygens (including phenoxy) is 1. The predicted molar refractivity (Wildman–Crippen MR) is 130 cm³/mol. The van der Waals surface area contributed by atoms with Gasteiger partial charge in [-0.2, -0.15) is 0 Å². The molecule has 2 aliphatic heterocycles. The summed E-state index contributed by atoms with van der Waals surface area (Å²) in [5.74, 6) is 1.90. The number of aliphatic imine (C=N–C) groups is 1. The molecule has 2 atom stereocenters. The van der Waals surface area contributed by atoms with Crippen LogP contribution in [0.3, 0.4) is 0 Å². The van der Waals surface area contributed by atoms with E-state index >= 15 is 0 Å². The second-order valence-electron chi connectivity index (χ2n) is 9.56. The monoisotopic (exact) mass is 432 g/mol. The number of para-hydroxylation sites is 1. The van der Waals surface area contributed by atoms with E-state index in [4.69, 9.17) is 4.74 Å². The number of fused-ring (bicyclic) bond motifs is 2. The molecule has 0 radical (unpaired) electrons. The van der Waals surface area contributed by atoms with Crippen molar-refractivity contribution >= 4 is 5.96 Å². The van der Waals surface area contributed by atoms with E-state index in [9.17, 15) is 0 Å². The summed E-state index contributed by atoms with van der Waals surface area (Å²) in [6.07, 6.45) is 9.03. The summed E-state index contributed by atoms with van der Waals surface area (Å²) in [7, 11) is 1.87. The Kier molecular flexibility index (Phi) is 6.63. The van der Waals surface area contributed by atoms with Crippen molar-refractivity contribution in [3.05, 3.63) is 65.7 Å². The molecule has 0 spiro atoms. The van der Waals surface area contributed by atoms with Gasteiger partial charge in [0.25, 0.3) is 0 Å². The van der Waals surface area contributed by atoms with Crippen LogP contribution >= 0.6 is 0 Å². The first-order chi connectivity index (χ1) is 15.8. The first-order valence-electron chi connectivity index (χ1n) is 12.3. The highest BCUT2D eigenvalue weighted by molar-refractivity contribution is 5.80. The normalized spacial score (nSPS) is 25.9. The summed E-state index contributed by atoms with van der Waals surface area (Å²) >= 11 is 0. The Labute approximate surface area is 192 Å². The van der Waals surface area contributed by atoms with Gasteiger partial charge < -0.3 is 15.4 Å². The number of guanidine groups is 1. The van der Waals surface area contributed by atoms with Crippen LogP contribution in [-0.4, -0.2) is 42.1 Å². The summed E-state index contributed by atoms with van der Waals surface area (Å²) in [6.45, 7) is 1.80. The van der Waals surface area contributed by atoms with Gasteiger partial charge >= 0.3 is 0 Å². The lowest BCUT2D eigenvalue weighted by Gasteiger charge is -2.39. The van der Waals surface area contributed by atoms with Gasteiger partial charge in [-0.3, -0.25) is 9.89 Å². The maximum atomic E-state index is 6.19. The minimum absolute atomic E-state index is 0.394. The average Bonchev–Trinajstić information content (AvgIpc) is 3.02. The van der Waals surface area contributed by atoms with Gasteiger partial charge in [-0.15, -0.1) is 0 Å². The molecule has 5 heteroatoms. The minimum Gasteiger partial charge on any atom is -0.490 e. The molecule has 3 aliphatic rings. The SMILES string of the molecule is CN=C(NCc1ccccc1OC1CCC1)NC1CC2CCC(C1)N2Cc1ccccc1. The van der Waals surface area contributed by atoms with Gasteiger partial charge in [0.05, 0.1) is 6.10 Å². The molecule has 5 rings (SSSR count). The standard InChI is InChI=1S/C27H36N4O/c1-28-27(29-18-21-10-5-6-13-26(21)32-25-11-7-12-25)30-22-16-23-14-15-24(17-22)31(23)19-20-8-3-2-4-9-20/h2-6,8-10,13,22-25H,7,11-12,14-19H2,1H3,(H2,28,29,30). The molecule has 2 aromatic carbocycles. The zero-order valence-corrected chi connectivity index (χ0v) is 19.2. The van der Waals surface area contributed by atoms with Gasteiger partial charge in [0.15, 0.2) is 5.96 Å². The van der Waals surface area contributed by atoms with Gasteiger partial charge in [-0.1, -0.05) is 48.5 Å². The van der Waals surface area contributed by atoms with Crippen LogP contribution in [0.5, 0.6) is 5.75 Å². The molecule has 2 N–H and O–H groups in total. The Morgan fingerprint density at radius 1 is 0.969 bits per heavy atom. The van der Waals surface area contributed by atoms with E-state index in [2.05, 4.69) is 75.1 Å². The third kappa shape index (κ3) is 4.93.